The second kappa shape index (κ2) is 13.8. The minimum atomic E-state index is -0.667. The summed E-state index contributed by atoms with van der Waals surface area (Å²) in [5, 5.41) is 9.47. The number of unbranched alkanes of at least 4 members (excludes halogenated alkanes) is 8. The third-order valence-electron chi connectivity index (χ3n) is 3.64. The minimum absolute atomic E-state index is 0.657. The molecule has 0 aliphatic rings. The zero-order chi connectivity index (χ0) is 16.0. The number of carboxylic acids is 1. The van der Waals surface area contributed by atoms with Gasteiger partial charge in [0.2, 0.25) is 0 Å². The van der Waals surface area contributed by atoms with E-state index in [9.17, 15) is 9.90 Å². The standard InChI is InChI=1S/C17H34O2S2/c1-4-6-8-10-12-14-20-17(3,16(18)19)21-15-13-11-9-7-5-2/h4-15H2,1-3H3,(H,18,19). The number of aliphatic carboxylic acids is 1. The van der Waals surface area contributed by atoms with Gasteiger partial charge in [-0.3, -0.25) is 0 Å². The summed E-state index contributed by atoms with van der Waals surface area (Å²) in [6.07, 6.45) is 12.4. The zero-order valence-electron chi connectivity index (χ0n) is 14.2. The smallest absolute Gasteiger partial charge is 0.329 e. The Hall–Kier alpha value is 0.170. The van der Waals surface area contributed by atoms with Crippen LogP contribution >= 0.6 is 23.5 Å². The quantitative estimate of drug-likeness (QED) is 0.286. The van der Waals surface area contributed by atoms with Crippen LogP contribution in [0, 0.1) is 0 Å². The van der Waals surface area contributed by atoms with E-state index in [1.54, 1.807) is 23.5 Å². The lowest BCUT2D eigenvalue weighted by Gasteiger charge is -2.23. The molecule has 0 heterocycles. The molecule has 126 valence electrons. The van der Waals surface area contributed by atoms with Crippen LogP contribution in [0.1, 0.15) is 85.0 Å². The summed E-state index contributed by atoms with van der Waals surface area (Å²) in [5.74, 6) is 1.27. The van der Waals surface area contributed by atoms with Gasteiger partial charge in [0.05, 0.1) is 0 Å². The van der Waals surface area contributed by atoms with Crippen molar-refractivity contribution in [1.29, 1.82) is 0 Å². The van der Waals surface area contributed by atoms with Gasteiger partial charge in [0.25, 0.3) is 0 Å². The van der Waals surface area contributed by atoms with Gasteiger partial charge in [-0.05, 0) is 31.3 Å². The van der Waals surface area contributed by atoms with Gasteiger partial charge in [-0.2, -0.15) is 0 Å². The van der Waals surface area contributed by atoms with Crippen LogP contribution in [0.3, 0.4) is 0 Å². The average Bonchev–Trinajstić information content (AvgIpc) is 2.46. The molecule has 4 heteroatoms. The minimum Gasteiger partial charge on any atom is -0.480 e. The normalized spacial score (nSPS) is 11.8. The molecule has 0 unspecified atom stereocenters. The maximum absolute atomic E-state index is 11.5. The first-order valence-electron chi connectivity index (χ1n) is 8.58. The second-order valence-electron chi connectivity index (χ2n) is 5.78. The summed E-state index contributed by atoms with van der Waals surface area (Å²) in [7, 11) is 0. The molecule has 0 aromatic heterocycles. The lowest BCUT2D eigenvalue weighted by atomic mass is 10.2. The molecule has 0 aromatic carbocycles. The lowest BCUT2D eigenvalue weighted by Crippen LogP contribution is -2.28. The fourth-order valence-electron chi connectivity index (χ4n) is 2.11. The molecule has 0 atom stereocenters. The van der Waals surface area contributed by atoms with Gasteiger partial charge in [0.1, 0.15) is 0 Å². The molecule has 0 rings (SSSR count). The highest BCUT2D eigenvalue weighted by Gasteiger charge is 2.33. The van der Waals surface area contributed by atoms with Crippen LogP contribution in [0.5, 0.6) is 0 Å². The number of thioether (sulfide) groups is 2. The van der Waals surface area contributed by atoms with E-state index >= 15 is 0 Å². The third kappa shape index (κ3) is 11.4. The van der Waals surface area contributed by atoms with Crippen molar-refractivity contribution in [2.24, 2.45) is 0 Å². The first-order chi connectivity index (χ1) is 10.1. The predicted molar refractivity (Wildman–Crippen MR) is 98.5 cm³/mol. The number of carboxylic acid groups (broad SMARTS) is 1. The van der Waals surface area contributed by atoms with Gasteiger partial charge in [-0.25, -0.2) is 4.79 Å². The maximum atomic E-state index is 11.5. The Kier molecular flexibility index (Phi) is 13.9. The highest BCUT2D eigenvalue weighted by Crippen LogP contribution is 2.38. The molecule has 21 heavy (non-hydrogen) atoms. The number of carbonyl (C=O) groups is 1. The molecule has 0 amide bonds. The number of rotatable bonds is 15. The lowest BCUT2D eigenvalue weighted by molar-refractivity contribution is -0.136. The van der Waals surface area contributed by atoms with Crippen LogP contribution in [-0.4, -0.2) is 26.7 Å². The van der Waals surface area contributed by atoms with Gasteiger partial charge in [-0.15, -0.1) is 23.5 Å². The van der Waals surface area contributed by atoms with Crippen LogP contribution < -0.4 is 0 Å². The van der Waals surface area contributed by atoms with Crippen LogP contribution in [0.25, 0.3) is 0 Å². The van der Waals surface area contributed by atoms with E-state index in [-0.39, 0.29) is 0 Å². The predicted octanol–water partition coefficient (Wildman–Crippen LogP) is 6.19. The van der Waals surface area contributed by atoms with E-state index in [2.05, 4.69) is 13.8 Å². The Labute approximate surface area is 140 Å². The van der Waals surface area contributed by atoms with Crippen molar-refractivity contribution < 1.29 is 9.90 Å². The molecule has 0 radical (unpaired) electrons. The van der Waals surface area contributed by atoms with Gasteiger partial charge >= 0.3 is 5.97 Å². The van der Waals surface area contributed by atoms with Crippen molar-refractivity contribution in [2.75, 3.05) is 11.5 Å². The van der Waals surface area contributed by atoms with Crippen molar-refractivity contribution in [3.05, 3.63) is 0 Å². The van der Waals surface area contributed by atoms with E-state index in [1.807, 2.05) is 6.92 Å². The summed E-state index contributed by atoms with van der Waals surface area (Å²) in [6, 6.07) is 0. The fourth-order valence-corrected chi connectivity index (χ4v) is 4.67. The summed E-state index contributed by atoms with van der Waals surface area (Å²) in [6.45, 7) is 6.31. The molecule has 0 aliphatic carbocycles. The Balaban J connectivity index is 3.82. The maximum Gasteiger partial charge on any atom is 0.329 e. The van der Waals surface area contributed by atoms with Crippen molar-refractivity contribution >= 4 is 29.5 Å². The van der Waals surface area contributed by atoms with Gasteiger partial charge in [0, 0.05) is 0 Å². The highest BCUT2D eigenvalue weighted by molar-refractivity contribution is 8.19. The molecule has 0 bridgehead atoms. The molecule has 0 fully saturated rings. The summed E-state index contributed by atoms with van der Waals surface area (Å²) in [4.78, 5) is 11.5. The van der Waals surface area contributed by atoms with Crippen LogP contribution in [0.15, 0.2) is 0 Å². The molecular weight excluding hydrogens is 300 g/mol. The Morgan fingerprint density at radius 2 is 1.19 bits per heavy atom. The number of hydrogen-bond acceptors (Lipinski definition) is 3. The molecule has 0 saturated carbocycles. The average molecular weight is 335 g/mol. The first-order valence-corrected chi connectivity index (χ1v) is 10.5. The molecule has 2 nitrogen and oxygen atoms in total. The van der Waals surface area contributed by atoms with E-state index < -0.39 is 10.0 Å². The molecular formula is C17H34O2S2. The Morgan fingerprint density at radius 1 is 0.810 bits per heavy atom. The van der Waals surface area contributed by atoms with Crippen molar-refractivity contribution in [1.82, 2.24) is 0 Å². The molecule has 1 N–H and O–H groups in total. The Morgan fingerprint density at radius 3 is 1.52 bits per heavy atom. The van der Waals surface area contributed by atoms with Crippen LogP contribution in [-0.2, 0) is 4.79 Å². The Bertz CT molecular complexity index is 241. The molecule has 0 saturated heterocycles. The largest absolute Gasteiger partial charge is 0.480 e. The summed E-state index contributed by atoms with van der Waals surface area (Å²) in [5.41, 5.74) is 0. The van der Waals surface area contributed by atoms with E-state index in [0.717, 1.165) is 24.3 Å². The van der Waals surface area contributed by atoms with E-state index in [1.165, 1.54) is 51.4 Å². The summed E-state index contributed by atoms with van der Waals surface area (Å²) < 4.78 is -0.657. The third-order valence-corrected chi connectivity index (χ3v) is 6.78. The monoisotopic (exact) mass is 334 g/mol. The topological polar surface area (TPSA) is 37.3 Å². The van der Waals surface area contributed by atoms with Crippen molar-refractivity contribution in [2.45, 2.75) is 89.1 Å². The zero-order valence-corrected chi connectivity index (χ0v) is 15.8. The molecule has 0 aliphatic heterocycles. The van der Waals surface area contributed by atoms with E-state index in [4.69, 9.17) is 0 Å². The van der Waals surface area contributed by atoms with Crippen LogP contribution in [0.2, 0.25) is 0 Å². The second-order valence-corrected chi connectivity index (χ2v) is 9.06. The van der Waals surface area contributed by atoms with E-state index in [0.29, 0.717) is 0 Å². The van der Waals surface area contributed by atoms with Gasteiger partial charge in [-0.1, -0.05) is 65.2 Å². The van der Waals surface area contributed by atoms with Crippen molar-refractivity contribution in [3.63, 3.8) is 0 Å². The highest BCUT2D eigenvalue weighted by atomic mass is 32.2. The van der Waals surface area contributed by atoms with Gasteiger partial charge < -0.3 is 5.11 Å². The van der Waals surface area contributed by atoms with Crippen LogP contribution in [0.4, 0.5) is 0 Å². The van der Waals surface area contributed by atoms with Crippen molar-refractivity contribution in [3.8, 4) is 0 Å². The molecule has 0 aromatic rings. The fraction of sp³-hybridized carbons (Fsp3) is 0.941. The molecule has 0 spiro atoms. The number of hydrogen-bond donors (Lipinski definition) is 1. The van der Waals surface area contributed by atoms with Gasteiger partial charge in [0.15, 0.2) is 4.08 Å². The first kappa shape index (κ1) is 21.2. The SMILES string of the molecule is CCCCCCCSC(C)(SCCCCCCC)C(=O)O. The summed E-state index contributed by atoms with van der Waals surface area (Å²) >= 11 is 3.24.